The number of carbonyl (C=O) groups is 2. The molecule has 1 aliphatic rings. The first-order valence-electron chi connectivity index (χ1n) is 5.34. The van der Waals surface area contributed by atoms with Gasteiger partial charge < -0.3 is 15.7 Å². The lowest BCUT2D eigenvalue weighted by molar-refractivity contribution is -0.135. The average molecular weight is 214 g/mol. The molecule has 0 aromatic carbocycles. The van der Waals surface area contributed by atoms with Gasteiger partial charge in [-0.1, -0.05) is 6.92 Å². The Morgan fingerprint density at radius 1 is 1.27 bits per heavy atom. The Morgan fingerprint density at radius 3 is 2.40 bits per heavy atom. The zero-order chi connectivity index (χ0) is 11.3. The molecule has 0 atom stereocenters. The zero-order valence-corrected chi connectivity index (χ0v) is 8.95. The van der Waals surface area contributed by atoms with Crippen LogP contribution in [0.5, 0.6) is 0 Å². The van der Waals surface area contributed by atoms with E-state index in [1.54, 1.807) is 0 Å². The monoisotopic (exact) mass is 214 g/mol. The molecule has 0 aromatic rings. The largest absolute Gasteiger partial charge is 0.480 e. The molecule has 1 saturated carbocycles. The van der Waals surface area contributed by atoms with Crippen LogP contribution < -0.4 is 10.6 Å². The van der Waals surface area contributed by atoms with Gasteiger partial charge in [-0.15, -0.1) is 0 Å². The van der Waals surface area contributed by atoms with Crippen LogP contribution >= 0.6 is 0 Å². The van der Waals surface area contributed by atoms with Gasteiger partial charge in [0.1, 0.15) is 6.54 Å². The molecule has 5 nitrogen and oxygen atoms in total. The standard InChI is InChI=1S/C10H18N2O3/c1-7-2-4-8(5-3-7)12-10(15)11-6-9(13)14/h7-8H,2-6H2,1H3,(H,13,14)(H2,11,12,15). The molecule has 15 heavy (non-hydrogen) atoms. The van der Waals surface area contributed by atoms with Crippen molar-refractivity contribution in [1.29, 1.82) is 0 Å². The number of amides is 2. The number of aliphatic carboxylic acids is 1. The molecule has 0 aliphatic heterocycles. The Kier molecular flexibility index (Phi) is 4.39. The summed E-state index contributed by atoms with van der Waals surface area (Å²) in [5.74, 6) is -0.285. The van der Waals surface area contributed by atoms with Crippen molar-refractivity contribution < 1.29 is 14.7 Å². The average Bonchev–Trinajstić information content (AvgIpc) is 2.19. The van der Waals surface area contributed by atoms with Crippen molar-refractivity contribution in [2.45, 2.75) is 38.6 Å². The fourth-order valence-electron chi connectivity index (χ4n) is 1.80. The molecule has 0 aromatic heterocycles. The summed E-state index contributed by atoms with van der Waals surface area (Å²) >= 11 is 0. The van der Waals surface area contributed by atoms with Gasteiger partial charge in [0.05, 0.1) is 0 Å². The third-order valence-corrected chi connectivity index (χ3v) is 2.75. The molecule has 0 spiro atoms. The molecular weight excluding hydrogens is 196 g/mol. The van der Waals surface area contributed by atoms with Crippen molar-refractivity contribution >= 4 is 12.0 Å². The van der Waals surface area contributed by atoms with Crippen molar-refractivity contribution in [3.8, 4) is 0 Å². The van der Waals surface area contributed by atoms with Crippen LogP contribution in [-0.4, -0.2) is 29.7 Å². The first-order valence-corrected chi connectivity index (χ1v) is 5.34. The lowest BCUT2D eigenvalue weighted by Crippen LogP contribution is -2.44. The second-order valence-electron chi connectivity index (χ2n) is 4.18. The maximum atomic E-state index is 11.2. The van der Waals surface area contributed by atoms with E-state index in [4.69, 9.17) is 5.11 Å². The van der Waals surface area contributed by atoms with E-state index in [1.165, 1.54) is 0 Å². The highest BCUT2D eigenvalue weighted by Crippen LogP contribution is 2.23. The zero-order valence-electron chi connectivity index (χ0n) is 8.95. The summed E-state index contributed by atoms with van der Waals surface area (Å²) in [4.78, 5) is 21.4. The van der Waals surface area contributed by atoms with Crippen LogP contribution in [0.25, 0.3) is 0 Å². The lowest BCUT2D eigenvalue weighted by atomic mass is 9.87. The first-order chi connectivity index (χ1) is 7.08. The molecule has 3 N–H and O–H groups in total. The van der Waals surface area contributed by atoms with E-state index in [9.17, 15) is 9.59 Å². The topological polar surface area (TPSA) is 78.4 Å². The van der Waals surface area contributed by atoms with Gasteiger partial charge >= 0.3 is 12.0 Å². The number of rotatable bonds is 3. The summed E-state index contributed by atoms with van der Waals surface area (Å²) in [7, 11) is 0. The molecular formula is C10H18N2O3. The number of nitrogens with one attached hydrogen (secondary N) is 2. The number of hydrogen-bond acceptors (Lipinski definition) is 2. The minimum atomic E-state index is -1.03. The van der Waals surface area contributed by atoms with Gasteiger partial charge in [0.2, 0.25) is 0 Å². The van der Waals surface area contributed by atoms with Crippen molar-refractivity contribution in [3.05, 3.63) is 0 Å². The summed E-state index contributed by atoms with van der Waals surface area (Å²) < 4.78 is 0. The van der Waals surface area contributed by atoms with E-state index in [1.807, 2.05) is 0 Å². The highest BCUT2D eigenvalue weighted by Gasteiger charge is 2.19. The predicted octanol–water partition coefficient (Wildman–Crippen LogP) is 0.949. The van der Waals surface area contributed by atoms with Gasteiger partial charge in [0, 0.05) is 6.04 Å². The van der Waals surface area contributed by atoms with E-state index in [2.05, 4.69) is 17.6 Å². The van der Waals surface area contributed by atoms with Crippen LogP contribution in [0.3, 0.4) is 0 Å². The van der Waals surface area contributed by atoms with Crippen LogP contribution in [0.2, 0.25) is 0 Å². The number of urea groups is 1. The van der Waals surface area contributed by atoms with Gasteiger partial charge in [0.15, 0.2) is 0 Å². The Bertz CT molecular complexity index is 235. The maximum Gasteiger partial charge on any atom is 0.323 e. The third kappa shape index (κ3) is 4.67. The molecule has 0 unspecified atom stereocenters. The SMILES string of the molecule is CC1CCC(NC(=O)NCC(=O)O)CC1. The second kappa shape index (κ2) is 5.58. The van der Waals surface area contributed by atoms with Crippen LogP contribution in [0.4, 0.5) is 4.79 Å². The van der Waals surface area contributed by atoms with Crippen molar-refractivity contribution in [1.82, 2.24) is 10.6 Å². The molecule has 1 fully saturated rings. The van der Waals surface area contributed by atoms with Gasteiger partial charge in [-0.25, -0.2) is 4.79 Å². The van der Waals surface area contributed by atoms with E-state index in [0.717, 1.165) is 31.6 Å². The fraction of sp³-hybridized carbons (Fsp3) is 0.800. The number of carbonyl (C=O) groups excluding carboxylic acids is 1. The highest BCUT2D eigenvalue weighted by molar-refractivity contribution is 5.79. The van der Waals surface area contributed by atoms with E-state index in [-0.39, 0.29) is 18.6 Å². The van der Waals surface area contributed by atoms with Crippen molar-refractivity contribution in [2.75, 3.05) is 6.54 Å². The normalized spacial score (nSPS) is 25.7. The molecule has 0 saturated heterocycles. The molecule has 0 bridgehead atoms. The van der Waals surface area contributed by atoms with E-state index < -0.39 is 5.97 Å². The van der Waals surface area contributed by atoms with Crippen LogP contribution in [0.15, 0.2) is 0 Å². The summed E-state index contributed by atoms with van der Waals surface area (Å²) in [6.45, 7) is 1.88. The minimum absolute atomic E-state index is 0.204. The molecule has 0 radical (unpaired) electrons. The highest BCUT2D eigenvalue weighted by atomic mass is 16.4. The quantitative estimate of drug-likeness (QED) is 0.654. The lowest BCUT2D eigenvalue weighted by Gasteiger charge is -2.26. The second-order valence-corrected chi connectivity index (χ2v) is 4.18. The van der Waals surface area contributed by atoms with Crippen LogP contribution in [0.1, 0.15) is 32.6 Å². The van der Waals surface area contributed by atoms with Gasteiger partial charge in [-0.05, 0) is 31.6 Å². The third-order valence-electron chi connectivity index (χ3n) is 2.75. The molecule has 2 amide bonds. The van der Waals surface area contributed by atoms with Crippen LogP contribution in [-0.2, 0) is 4.79 Å². The maximum absolute atomic E-state index is 11.2. The van der Waals surface area contributed by atoms with Gasteiger partial charge in [-0.2, -0.15) is 0 Å². The van der Waals surface area contributed by atoms with Gasteiger partial charge in [-0.3, -0.25) is 4.79 Å². The van der Waals surface area contributed by atoms with Gasteiger partial charge in [0.25, 0.3) is 0 Å². The predicted molar refractivity (Wildman–Crippen MR) is 55.6 cm³/mol. The number of carboxylic acid groups (broad SMARTS) is 1. The fourth-order valence-corrected chi connectivity index (χ4v) is 1.80. The van der Waals surface area contributed by atoms with E-state index >= 15 is 0 Å². The molecule has 0 heterocycles. The van der Waals surface area contributed by atoms with Crippen LogP contribution in [0, 0.1) is 5.92 Å². The summed E-state index contributed by atoms with van der Waals surface area (Å²) in [5, 5.41) is 13.4. The number of hydrogen-bond donors (Lipinski definition) is 3. The summed E-state index contributed by atoms with van der Waals surface area (Å²) in [6, 6.07) is -0.174. The number of carboxylic acids is 1. The summed E-state index contributed by atoms with van der Waals surface area (Å²) in [6.07, 6.45) is 4.23. The Morgan fingerprint density at radius 2 is 1.87 bits per heavy atom. The first kappa shape index (κ1) is 11.8. The van der Waals surface area contributed by atoms with Crippen molar-refractivity contribution in [3.63, 3.8) is 0 Å². The molecule has 5 heteroatoms. The Labute approximate surface area is 89.2 Å². The van der Waals surface area contributed by atoms with Crippen molar-refractivity contribution in [2.24, 2.45) is 5.92 Å². The summed E-state index contributed by atoms with van der Waals surface area (Å²) in [5.41, 5.74) is 0. The molecule has 1 aliphatic carbocycles. The Hall–Kier alpha value is -1.26. The molecule has 86 valence electrons. The van der Waals surface area contributed by atoms with E-state index in [0.29, 0.717) is 0 Å². The molecule has 1 rings (SSSR count). The Balaban J connectivity index is 2.17. The minimum Gasteiger partial charge on any atom is -0.480 e. The smallest absolute Gasteiger partial charge is 0.323 e.